The molecule has 1 aromatic rings. The number of benzene rings is 1. The molecule has 1 rings (SSSR count). The van der Waals surface area contributed by atoms with Gasteiger partial charge in [-0.1, -0.05) is 17.7 Å². The van der Waals surface area contributed by atoms with Crippen molar-refractivity contribution in [2.24, 2.45) is 0 Å². The first-order valence-corrected chi connectivity index (χ1v) is 5.36. The van der Waals surface area contributed by atoms with Crippen LogP contribution >= 0.6 is 24.2 Å². The fourth-order valence-corrected chi connectivity index (χ4v) is 1.42. The minimum Gasteiger partial charge on any atom is -0.385 e. The van der Waals surface area contributed by atoms with E-state index >= 15 is 0 Å². The molecule has 1 N–H and O–H groups in total. The van der Waals surface area contributed by atoms with Gasteiger partial charge in [-0.05, 0) is 36.8 Å². The molecule has 0 aliphatic carbocycles. The van der Waals surface area contributed by atoms with Crippen molar-refractivity contribution in [2.45, 2.75) is 13.3 Å². The van der Waals surface area contributed by atoms with Crippen LogP contribution in [0, 0.1) is 6.92 Å². The summed E-state index contributed by atoms with van der Waals surface area (Å²) in [5.74, 6) is 0.909. The molecule has 3 heteroatoms. The van der Waals surface area contributed by atoms with E-state index < -0.39 is 0 Å². The first-order chi connectivity index (χ1) is 6.24. The van der Waals surface area contributed by atoms with Crippen molar-refractivity contribution < 1.29 is 0 Å². The minimum absolute atomic E-state index is 0.777. The predicted molar refractivity (Wildman–Crippen MR) is 63.1 cm³/mol. The Labute approximate surface area is 89.9 Å². The summed E-state index contributed by atoms with van der Waals surface area (Å²) >= 11 is 10.0. The third-order valence-electron chi connectivity index (χ3n) is 1.85. The molecule has 0 heterocycles. The summed E-state index contributed by atoms with van der Waals surface area (Å²) in [6.07, 6.45) is 1.06. The largest absolute Gasteiger partial charge is 0.385 e. The summed E-state index contributed by atoms with van der Waals surface area (Å²) in [7, 11) is 0. The van der Waals surface area contributed by atoms with Gasteiger partial charge in [-0.15, -0.1) is 0 Å². The summed E-state index contributed by atoms with van der Waals surface area (Å²) < 4.78 is 0. The molecule has 0 amide bonds. The van der Waals surface area contributed by atoms with E-state index in [0.29, 0.717) is 0 Å². The van der Waals surface area contributed by atoms with E-state index in [-0.39, 0.29) is 0 Å². The number of thiol groups is 1. The van der Waals surface area contributed by atoms with Gasteiger partial charge in [0.2, 0.25) is 0 Å². The molecule has 0 aliphatic rings. The number of aryl methyl sites for hydroxylation is 1. The maximum atomic E-state index is 5.87. The summed E-state index contributed by atoms with van der Waals surface area (Å²) in [4.78, 5) is 0. The van der Waals surface area contributed by atoms with Gasteiger partial charge in [0.05, 0.1) is 0 Å². The molecule has 0 fully saturated rings. The van der Waals surface area contributed by atoms with Gasteiger partial charge in [0.25, 0.3) is 0 Å². The minimum atomic E-state index is 0.777. The van der Waals surface area contributed by atoms with E-state index in [4.69, 9.17) is 11.6 Å². The fourth-order valence-electron chi connectivity index (χ4n) is 1.09. The van der Waals surface area contributed by atoms with E-state index in [1.54, 1.807) is 0 Å². The van der Waals surface area contributed by atoms with Crippen molar-refractivity contribution in [1.82, 2.24) is 0 Å². The standard InChI is InChI=1S/C10H14ClNS/c1-8-3-4-9(11)7-10(8)12-5-2-6-13/h3-4,7,12-13H,2,5-6H2,1H3. The van der Waals surface area contributed by atoms with E-state index in [2.05, 4.69) is 24.9 Å². The molecule has 13 heavy (non-hydrogen) atoms. The Balaban J connectivity index is 2.59. The van der Waals surface area contributed by atoms with Crippen molar-refractivity contribution in [3.63, 3.8) is 0 Å². The highest BCUT2D eigenvalue weighted by Crippen LogP contribution is 2.19. The van der Waals surface area contributed by atoms with Crippen LogP contribution in [-0.4, -0.2) is 12.3 Å². The second kappa shape index (κ2) is 5.40. The number of anilines is 1. The molecular formula is C10H14ClNS. The van der Waals surface area contributed by atoms with Gasteiger partial charge >= 0.3 is 0 Å². The van der Waals surface area contributed by atoms with Gasteiger partial charge < -0.3 is 5.32 Å². The van der Waals surface area contributed by atoms with Crippen LogP contribution in [0.4, 0.5) is 5.69 Å². The van der Waals surface area contributed by atoms with Crippen molar-refractivity contribution in [1.29, 1.82) is 0 Å². The number of halogens is 1. The quantitative estimate of drug-likeness (QED) is 0.580. The van der Waals surface area contributed by atoms with E-state index in [1.807, 2.05) is 18.2 Å². The van der Waals surface area contributed by atoms with Gasteiger partial charge in [0.1, 0.15) is 0 Å². The number of hydrogen-bond acceptors (Lipinski definition) is 2. The molecule has 72 valence electrons. The van der Waals surface area contributed by atoms with Gasteiger partial charge in [0, 0.05) is 17.3 Å². The number of nitrogens with one attached hydrogen (secondary N) is 1. The van der Waals surface area contributed by atoms with Crippen molar-refractivity contribution in [2.75, 3.05) is 17.6 Å². The molecular weight excluding hydrogens is 202 g/mol. The van der Waals surface area contributed by atoms with Crippen LogP contribution in [0.5, 0.6) is 0 Å². The van der Waals surface area contributed by atoms with Crippen LogP contribution in [0.25, 0.3) is 0 Å². The predicted octanol–water partition coefficient (Wildman–Crippen LogP) is 3.38. The van der Waals surface area contributed by atoms with Crippen LogP contribution < -0.4 is 5.32 Å². The van der Waals surface area contributed by atoms with Crippen LogP contribution in [0.2, 0.25) is 5.02 Å². The molecule has 0 aromatic heterocycles. The molecule has 0 bridgehead atoms. The molecule has 1 nitrogen and oxygen atoms in total. The topological polar surface area (TPSA) is 12.0 Å². The molecule has 0 atom stereocenters. The zero-order valence-corrected chi connectivity index (χ0v) is 9.33. The number of rotatable bonds is 4. The Morgan fingerprint density at radius 1 is 1.46 bits per heavy atom. The summed E-state index contributed by atoms with van der Waals surface area (Å²) in [5.41, 5.74) is 2.35. The van der Waals surface area contributed by atoms with E-state index in [1.165, 1.54) is 5.56 Å². The highest BCUT2D eigenvalue weighted by Gasteiger charge is 1.97. The van der Waals surface area contributed by atoms with Gasteiger partial charge in [-0.3, -0.25) is 0 Å². The van der Waals surface area contributed by atoms with E-state index in [9.17, 15) is 0 Å². The van der Waals surface area contributed by atoms with Crippen LogP contribution in [0.3, 0.4) is 0 Å². The monoisotopic (exact) mass is 215 g/mol. The Kier molecular flexibility index (Phi) is 4.46. The molecule has 1 aromatic carbocycles. The highest BCUT2D eigenvalue weighted by atomic mass is 35.5. The molecule has 0 saturated carbocycles. The SMILES string of the molecule is Cc1ccc(Cl)cc1NCCCS. The second-order valence-electron chi connectivity index (χ2n) is 2.96. The first-order valence-electron chi connectivity index (χ1n) is 4.35. The maximum absolute atomic E-state index is 5.87. The lowest BCUT2D eigenvalue weighted by Crippen LogP contribution is -2.03. The molecule has 0 spiro atoms. The molecule has 0 aliphatic heterocycles. The zero-order chi connectivity index (χ0) is 9.68. The molecule has 0 saturated heterocycles. The Morgan fingerprint density at radius 3 is 2.92 bits per heavy atom. The lowest BCUT2D eigenvalue weighted by molar-refractivity contribution is 0.993. The second-order valence-corrected chi connectivity index (χ2v) is 3.85. The third-order valence-corrected chi connectivity index (χ3v) is 2.40. The first kappa shape index (κ1) is 10.7. The van der Waals surface area contributed by atoms with Gasteiger partial charge in [0.15, 0.2) is 0 Å². The molecule has 0 radical (unpaired) electrons. The Morgan fingerprint density at radius 2 is 2.23 bits per heavy atom. The Hall–Kier alpha value is -0.340. The van der Waals surface area contributed by atoms with Crippen LogP contribution in [0.15, 0.2) is 18.2 Å². The Bertz CT molecular complexity index is 276. The summed E-state index contributed by atoms with van der Waals surface area (Å²) in [6, 6.07) is 5.88. The average Bonchev–Trinajstić information content (AvgIpc) is 2.11. The normalized spacial score (nSPS) is 10.1. The van der Waals surface area contributed by atoms with Crippen molar-refractivity contribution >= 4 is 29.9 Å². The van der Waals surface area contributed by atoms with E-state index in [0.717, 1.165) is 29.4 Å². The lowest BCUT2D eigenvalue weighted by atomic mass is 10.2. The fraction of sp³-hybridized carbons (Fsp3) is 0.400. The van der Waals surface area contributed by atoms with Gasteiger partial charge in [-0.2, -0.15) is 12.6 Å². The number of hydrogen-bond donors (Lipinski definition) is 2. The lowest BCUT2D eigenvalue weighted by Gasteiger charge is -2.08. The molecule has 0 unspecified atom stereocenters. The van der Waals surface area contributed by atoms with Crippen molar-refractivity contribution in [3.05, 3.63) is 28.8 Å². The maximum Gasteiger partial charge on any atom is 0.0426 e. The average molecular weight is 216 g/mol. The van der Waals surface area contributed by atoms with Crippen LogP contribution in [-0.2, 0) is 0 Å². The third kappa shape index (κ3) is 3.49. The zero-order valence-electron chi connectivity index (χ0n) is 7.68. The highest BCUT2D eigenvalue weighted by molar-refractivity contribution is 7.80. The van der Waals surface area contributed by atoms with Crippen molar-refractivity contribution in [3.8, 4) is 0 Å². The summed E-state index contributed by atoms with van der Waals surface area (Å²) in [5, 5.41) is 4.10. The van der Waals surface area contributed by atoms with Gasteiger partial charge in [-0.25, -0.2) is 0 Å². The summed E-state index contributed by atoms with van der Waals surface area (Å²) in [6.45, 7) is 3.02. The van der Waals surface area contributed by atoms with Crippen LogP contribution in [0.1, 0.15) is 12.0 Å². The smallest absolute Gasteiger partial charge is 0.0426 e.